The Morgan fingerprint density at radius 1 is 1.40 bits per heavy atom. The van der Waals surface area contributed by atoms with E-state index in [0.717, 1.165) is 0 Å². The first kappa shape index (κ1) is 8.05. The fourth-order valence-electron chi connectivity index (χ4n) is 1.55. The molecule has 0 aromatic heterocycles. The van der Waals surface area contributed by atoms with Gasteiger partial charge in [0.05, 0.1) is 0 Å². The zero-order valence-corrected chi connectivity index (χ0v) is 8.44. The van der Waals surface area contributed by atoms with Crippen molar-refractivity contribution in [2.24, 2.45) is 0 Å². The summed E-state index contributed by atoms with van der Waals surface area (Å²) in [5.74, 6) is 0. The van der Waals surface area contributed by atoms with Crippen LogP contribution in [0.2, 0.25) is 26.0 Å². The number of rotatable bonds is 1. The van der Waals surface area contributed by atoms with Crippen molar-refractivity contribution in [3.05, 3.63) is 0 Å². The van der Waals surface area contributed by atoms with Gasteiger partial charge in [-0.2, -0.15) is 0 Å². The second kappa shape index (κ2) is 2.53. The molecule has 1 heterocycles. The molecule has 0 aromatic rings. The fourth-order valence-corrected chi connectivity index (χ4v) is 3.50. The van der Waals surface area contributed by atoms with Crippen LogP contribution in [0.4, 0.5) is 0 Å². The molecule has 1 nitrogen and oxygen atoms in total. The molecule has 0 saturated heterocycles. The third-order valence-electron chi connectivity index (χ3n) is 2.03. The Hall–Kier alpha value is -0.0482. The summed E-state index contributed by atoms with van der Waals surface area (Å²) in [5.41, 5.74) is 1.50. The van der Waals surface area contributed by atoms with Crippen LogP contribution in [0.15, 0.2) is 0 Å². The summed E-state index contributed by atoms with van der Waals surface area (Å²) < 4.78 is 2.59. The van der Waals surface area contributed by atoms with Crippen LogP contribution in [0.3, 0.4) is 0 Å². The van der Waals surface area contributed by atoms with E-state index in [9.17, 15) is 0 Å². The molecular formula is C7H16BNSi. The summed E-state index contributed by atoms with van der Waals surface area (Å²) in [6.07, 6.45) is 1.26. The summed E-state index contributed by atoms with van der Waals surface area (Å²) >= 11 is 0. The van der Waals surface area contributed by atoms with E-state index in [1.165, 1.54) is 18.5 Å². The van der Waals surface area contributed by atoms with Crippen molar-refractivity contribution < 1.29 is 0 Å². The Kier molecular flexibility index (Phi) is 2.04. The van der Waals surface area contributed by atoms with Gasteiger partial charge in [-0.1, -0.05) is 0 Å². The molecule has 0 bridgehead atoms. The van der Waals surface area contributed by atoms with Crippen molar-refractivity contribution in [2.75, 3.05) is 6.54 Å². The molecule has 0 spiro atoms. The normalized spacial score (nSPS) is 18.8. The summed E-state index contributed by atoms with van der Waals surface area (Å²) in [7, 11) is -1.02. The molecule has 0 atom stereocenters. The molecule has 1 aliphatic rings. The molecule has 0 amide bonds. The van der Waals surface area contributed by atoms with Gasteiger partial charge in [-0.15, -0.1) is 0 Å². The van der Waals surface area contributed by atoms with Gasteiger partial charge in [0.15, 0.2) is 0 Å². The Morgan fingerprint density at radius 2 is 2.00 bits per heavy atom. The molecule has 0 aliphatic carbocycles. The molecule has 0 unspecified atom stereocenters. The van der Waals surface area contributed by atoms with E-state index in [1.807, 2.05) is 0 Å². The predicted molar refractivity (Wildman–Crippen MR) is 51.3 cm³/mol. The van der Waals surface area contributed by atoms with Crippen molar-refractivity contribution in [2.45, 2.75) is 32.9 Å². The molecule has 0 aromatic carbocycles. The topological polar surface area (TPSA) is 3.24 Å². The van der Waals surface area contributed by atoms with Gasteiger partial charge in [0, 0.05) is 0 Å². The van der Waals surface area contributed by atoms with Crippen LogP contribution in [0.1, 0.15) is 6.92 Å². The number of hydrogen-bond donors (Lipinski definition) is 0. The van der Waals surface area contributed by atoms with Crippen molar-refractivity contribution in [3.8, 4) is 0 Å². The van der Waals surface area contributed by atoms with E-state index in [4.69, 9.17) is 0 Å². The molecule has 1 aliphatic heterocycles. The second-order valence-electron chi connectivity index (χ2n) is 3.96. The molecule has 0 radical (unpaired) electrons. The van der Waals surface area contributed by atoms with Crippen molar-refractivity contribution in [1.29, 1.82) is 0 Å². The summed E-state index contributed by atoms with van der Waals surface area (Å²) in [5, 5.41) is 0. The van der Waals surface area contributed by atoms with E-state index in [1.54, 1.807) is 0 Å². The van der Waals surface area contributed by atoms with E-state index >= 15 is 0 Å². The van der Waals surface area contributed by atoms with Crippen LogP contribution in [0.25, 0.3) is 0 Å². The van der Waals surface area contributed by atoms with Gasteiger partial charge in [0.2, 0.25) is 0 Å². The summed E-state index contributed by atoms with van der Waals surface area (Å²) in [6, 6.07) is 0. The maximum atomic E-state index is 2.59. The van der Waals surface area contributed by atoms with E-state index in [2.05, 4.69) is 38.1 Å². The van der Waals surface area contributed by atoms with Gasteiger partial charge < -0.3 is 0 Å². The van der Waals surface area contributed by atoms with Gasteiger partial charge in [-0.25, -0.2) is 0 Å². The Labute approximate surface area is 65.4 Å². The van der Waals surface area contributed by atoms with Gasteiger partial charge in [-0.3, -0.25) is 0 Å². The van der Waals surface area contributed by atoms with Gasteiger partial charge in [0.25, 0.3) is 0 Å². The summed E-state index contributed by atoms with van der Waals surface area (Å²) in [4.78, 5) is 0. The molecule has 1 rings (SSSR count). The van der Waals surface area contributed by atoms with E-state index in [0.29, 0.717) is 0 Å². The zero-order chi connectivity index (χ0) is 7.78. The van der Waals surface area contributed by atoms with Crippen molar-refractivity contribution in [3.63, 3.8) is 0 Å². The quantitative estimate of drug-likeness (QED) is 0.515. The first-order chi connectivity index (χ1) is 4.52. The average Bonchev–Trinajstić information content (AvgIpc) is 2.11. The Balaban J connectivity index is 2.67. The first-order valence-electron chi connectivity index (χ1n) is 3.96. The fraction of sp³-hybridized carbons (Fsp3) is 0.857. The minimum absolute atomic E-state index is 1.02. The van der Waals surface area contributed by atoms with Crippen LogP contribution < -0.4 is 0 Å². The maximum absolute atomic E-state index is 2.59. The monoisotopic (exact) mass is 153 g/mol. The van der Waals surface area contributed by atoms with Gasteiger partial charge in [0.1, 0.15) is 0 Å². The SMILES string of the molecule is CC1=BCCN1[Si](C)(C)C. The summed E-state index contributed by atoms with van der Waals surface area (Å²) in [6.45, 7) is 13.0. The Bertz CT molecular complexity index is 159. The molecule has 0 saturated carbocycles. The van der Waals surface area contributed by atoms with Crippen LogP contribution in [0, 0.1) is 0 Å². The molecular weight excluding hydrogens is 137 g/mol. The van der Waals surface area contributed by atoms with E-state index in [-0.39, 0.29) is 0 Å². The van der Waals surface area contributed by atoms with Crippen molar-refractivity contribution >= 4 is 20.7 Å². The predicted octanol–water partition coefficient (Wildman–Crippen LogP) is 1.41. The molecule has 56 valence electrons. The first-order valence-corrected chi connectivity index (χ1v) is 7.41. The molecule has 10 heavy (non-hydrogen) atoms. The van der Waals surface area contributed by atoms with Crippen molar-refractivity contribution in [1.82, 2.24) is 4.57 Å². The van der Waals surface area contributed by atoms with Crippen LogP contribution in [-0.2, 0) is 0 Å². The third kappa shape index (κ3) is 1.51. The van der Waals surface area contributed by atoms with Crippen LogP contribution >= 0.6 is 0 Å². The standard InChI is InChI=1S/C7H16BNSi/c1-7-8-5-6-9(7)10(2,3)4/h5-6H2,1-4H3. The van der Waals surface area contributed by atoms with Crippen LogP contribution in [-0.4, -0.2) is 31.9 Å². The number of hydrogen-bond acceptors (Lipinski definition) is 1. The van der Waals surface area contributed by atoms with Gasteiger partial charge >= 0.3 is 64.7 Å². The molecule has 0 N–H and O–H groups in total. The third-order valence-corrected chi connectivity index (χ3v) is 4.22. The van der Waals surface area contributed by atoms with E-state index < -0.39 is 8.24 Å². The average molecular weight is 153 g/mol. The zero-order valence-electron chi connectivity index (χ0n) is 7.44. The molecule has 0 fully saturated rings. The Morgan fingerprint density at radius 3 is 2.20 bits per heavy atom. The molecule has 3 heteroatoms. The second-order valence-corrected chi connectivity index (χ2v) is 8.84. The number of nitrogens with zero attached hydrogens (tertiary/aromatic N) is 1. The van der Waals surface area contributed by atoms with Gasteiger partial charge in [-0.05, 0) is 0 Å². The van der Waals surface area contributed by atoms with Crippen LogP contribution in [0.5, 0.6) is 0 Å². The minimum atomic E-state index is -1.02.